The summed E-state index contributed by atoms with van der Waals surface area (Å²) in [5.74, 6) is 0. The fourth-order valence-corrected chi connectivity index (χ4v) is 9.15. The van der Waals surface area contributed by atoms with E-state index in [-0.39, 0.29) is 6.61 Å². The lowest BCUT2D eigenvalue weighted by molar-refractivity contribution is -0.404. The van der Waals surface area contributed by atoms with Crippen LogP contribution in [0.25, 0.3) is 0 Å². The Morgan fingerprint density at radius 1 is 0.265 bits per heavy atom. The van der Waals surface area contributed by atoms with Gasteiger partial charge in [-0.25, -0.2) is 0 Å². The molecule has 396 valence electrons. The fraction of sp³-hybridized carbons (Fsp3) is 1.00. The number of ether oxygens (including phenoxy) is 13. The van der Waals surface area contributed by atoms with Crippen LogP contribution in [0.2, 0.25) is 0 Å². The molecule has 30 unspecified atom stereocenters. The standard InChI is InChI=1S/C38H64O30/c1-2-56-8-14-32-20(49)26(55)38(62-14)67-31-13(7-43)60-36(24(53)18(31)47)65-29-11(5-41)58-34(22(51)16(29)45)63-27-9(3-39)57-33(21(50)15(27)44)64-28-10(4-40)59-35(23(52)17(28)46)66-30-12(6-42)61-37(68-32)25(54)19(30)48/h9-55H,2-8H2,1H3. The molecule has 12 bridgehead atoms. The zero-order chi connectivity index (χ0) is 49.5. The molecular weight excluding hydrogens is 936 g/mol. The first kappa shape index (κ1) is 54.6. The lowest BCUT2D eigenvalue weighted by Crippen LogP contribution is -2.69. The van der Waals surface area contributed by atoms with Gasteiger partial charge in [-0.1, -0.05) is 0 Å². The molecule has 22 saturated heterocycles. The Hall–Kier alpha value is -1.20. The Morgan fingerprint density at radius 2 is 0.441 bits per heavy atom. The molecule has 68 heavy (non-hydrogen) atoms. The average molecular weight is 1000 g/mol. The number of hydrogen-bond donors (Lipinski definition) is 17. The van der Waals surface area contributed by atoms with E-state index in [4.69, 9.17) is 61.6 Å². The number of aliphatic hydroxyl groups excluding tert-OH is 17. The van der Waals surface area contributed by atoms with Gasteiger partial charge in [0.1, 0.15) is 146 Å². The normalized spacial score (nSPS) is 54.1. The van der Waals surface area contributed by atoms with Crippen LogP contribution in [0.3, 0.4) is 0 Å². The maximum Gasteiger partial charge on any atom is 0.187 e. The van der Waals surface area contributed by atoms with Crippen LogP contribution < -0.4 is 0 Å². The highest BCUT2D eigenvalue weighted by molar-refractivity contribution is 5.01. The van der Waals surface area contributed by atoms with E-state index in [1.54, 1.807) is 6.92 Å². The minimum Gasteiger partial charge on any atom is -0.394 e. The zero-order valence-electron chi connectivity index (χ0n) is 36.2. The first-order valence-electron chi connectivity index (χ1n) is 22.1. The van der Waals surface area contributed by atoms with Gasteiger partial charge < -0.3 is 148 Å². The Bertz CT molecular complexity index is 1550. The van der Waals surface area contributed by atoms with Crippen LogP contribution in [-0.4, -0.2) is 317 Å². The summed E-state index contributed by atoms with van der Waals surface area (Å²) < 4.78 is 74.3. The van der Waals surface area contributed by atoms with Crippen molar-refractivity contribution in [3.63, 3.8) is 0 Å². The molecule has 0 saturated carbocycles. The SMILES string of the molecule is CCOCC1OC2OC3C(CO)OC(OC4C(CO)OC(OC5C(CO)OC(OC6C(CO)OC(OC7C(CO)OC(OC1C(O)C2O)C(O)C7O)C(O)C6O)C(O)C5O)C(O)C4O)C(O)C3O. The minimum atomic E-state index is -2.14. The molecule has 22 aliphatic heterocycles. The first-order chi connectivity index (χ1) is 32.4. The van der Waals surface area contributed by atoms with Crippen molar-refractivity contribution >= 4 is 0 Å². The third-order valence-corrected chi connectivity index (χ3v) is 13.0. The van der Waals surface area contributed by atoms with Crippen molar-refractivity contribution in [2.24, 2.45) is 0 Å². The van der Waals surface area contributed by atoms with E-state index in [1.807, 2.05) is 0 Å². The lowest BCUT2D eigenvalue weighted by Gasteiger charge is -2.50. The molecule has 30 heteroatoms. The van der Waals surface area contributed by atoms with Gasteiger partial charge in [-0.05, 0) is 6.92 Å². The Morgan fingerprint density at radius 3 is 0.618 bits per heavy atom. The van der Waals surface area contributed by atoms with Crippen LogP contribution in [0.4, 0.5) is 0 Å². The summed E-state index contributed by atoms with van der Waals surface area (Å²) in [7, 11) is 0. The van der Waals surface area contributed by atoms with Crippen molar-refractivity contribution in [1.29, 1.82) is 0 Å². The molecule has 0 radical (unpaired) electrons. The topological polar surface area (TPSA) is 464 Å². The van der Waals surface area contributed by atoms with Crippen molar-refractivity contribution in [3.05, 3.63) is 0 Å². The molecule has 0 aromatic heterocycles. The number of hydrogen-bond acceptors (Lipinski definition) is 30. The van der Waals surface area contributed by atoms with E-state index < -0.39 is 224 Å². The Labute approximate surface area is 385 Å². The van der Waals surface area contributed by atoms with E-state index in [9.17, 15) is 86.8 Å². The van der Waals surface area contributed by atoms with E-state index in [1.165, 1.54) is 0 Å². The predicted octanol–water partition coefficient (Wildman–Crippen LogP) is -12.0. The number of rotatable bonds is 8. The average Bonchev–Trinajstić information content (AvgIpc) is 3.33. The van der Waals surface area contributed by atoms with Gasteiger partial charge in [0.15, 0.2) is 37.7 Å². The van der Waals surface area contributed by atoms with Crippen LogP contribution in [0.1, 0.15) is 6.92 Å². The highest BCUT2D eigenvalue weighted by Crippen LogP contribution is 2.38. The molecule has 22 heterocycles. The molecule has 0 aliphatic carbocycles. The largest absolute Gasteiger partial charge is 0.394 e. The van der Waals surface area contributed by atoms with Crippen molar-refractivity contribution in [3.8, 4) is 0 Å². The highest BCUT2D eigenvalue weighted by Gasteiger charge is 2.58. The van der Waals surface area contributed by atoms with Crippen molar-refractivity contribution < 1.29 is 148 Å². The maximum absolute atomic E-state index is 11.4. The van der Waals surface area contributed by atoms with Gasteiger partial charge in [-0.2, -0.15) is 0 Å². The molecule has 0 aromatic carbocycles. The van der Waals surface area contributed by atoms with Crippen LogP contribution >= 0.6 is 0 Å². The summed E-state index contributed by atoms with van der Waals surface area (Å²) >= 11 is 0. The summed E-state index contributed by atoms with van der Waals surface area (Å²) in [6.07, 6.45) is -57.4. The van der Waals surface area contributed by atoms with Gasteiger partial charge in [-0.3, -0.25) is 0 Å². The van der Waals surface area contributed by atoms with Gasteiger partial charge in [0.25, 0.3) is 0 Å². The van der Waals surface area contributed by atoms with Crippen molar-refractivity contribution in [2.45, 2.75) is 191 Å². The maximum atomic E-state index is 11.4. The van der Waals surface area contributed by atoms with Crippen molar-refractivity contribution in [2.75, 3.05) is 46.2 Å². The summed E-state index contributed by atoms with van der Waals surface area (Å²) in [5.41, 5.74) is 0. The molecular formula is C38H64O30. The summed E-state index contributed by atoms with van der Waals surface area (Å²) in [6.45, 7) is -3.65. The van der Waals surface area contributed by atoms with E-state index in [0.717, 1.165) is 0 Å². The van der Waals surface area contributed by atoms with E-state index in [2.05, 4.69) is 0 Å². The second-order valence-corrected chi connectivity index (χ2v) is 17.3. The van der Waals surface area contributed by atoms with Crippen molar-refractivity contribution in [1.82, 2.24) is 0 Å². The Balaban J connectivity index is 1.20. The molecule has 0 spiro atoms. The van der Waals surface area contributed by atoms with Crippen LogP contribution in [0, 0.1) is 0 Å². The minimum absolute atomic E-state index is 0.0689. The van der Waals surface area contributed by atoms with Gasteiger partial charge in [0.2, 0.25) is 0 Å². The molecule has 0 amide bonds. The second kappa shape index (κ2) is 23.3. The van der Waals surface area contributed by atoms with Crippen LogP contribution in [-0.2, 0) is 61.6 Å². The summed E-state index contributed by atoms with van der Waals surface area (Å²) in [6, 6.07) is 0. The summed E-state index contributed by atoms with van der Waals surface area (Å²) in [4.78, 5) is 0. The van der Waals surface area contributed by atoms with Gasteiger partial charge in [0, 0.05) is 6.61 Å². The predicted molar refractivity (Wildman–Crippen MR) is 205 cm³/mol. The van der Waals surface area contributed by atoms with Gasteiger partial charge in [-0.15, -0.1) is 0 Å². The fourth-order valence-electron chi connectivity index (χ4n) is 9.15. The zero-order valence-corrected chi connectivity index (χ0v) is 36.2. The molecule has 0 aromatic rings. The quantitative estimate of drug-likeness (QED) is 0.107. The molecule has 17 N–H and O–H groups in total. The van der Waals surface area contributed by atoms with Gasteiger partial charge >= 0.3 is 0 Å². The molecule has 30 atom stereocenters. The molecule has 22 fully saturated rings. The molecule has 22 aliphatic rings. The summed E-state index contributed by atoms with van der Waals surface area (Å²) in [5, 5.41) is 187. The van der Waals surface area contributed by atoms with E-state index in [0.29, 0.717) is 0 Å². The third-order valence-electron chi connectivity index (χ3n) is 13.0. The highest BCUT2D eigenvalue weighted by atomic mass is 16.8. The molecule has 22 rings (SSSR count). The molecule has 30 nitrogen and oxygen atoms in total. The number of aliphatic hydroxyl groups is 17. The van der Waals surface area contributed by atoms with Gasteiger partial charge in [0.05, 0.1) is 39.6 Å². The smallest absolute Gasteiger partial charge is 0.187 e. The third kappa shape index (κ3) is 10.7. The Kier molecular flexibility index (Phi) is 18.7. The second-order valence-electron chi connectivity index (χ2n) is 17.3. The monoisotopic (exact) mass is 1000 g/mol. The van der Waals surface area contributed by atoms with Crippen LogP contribution in [0.5, 0.6) is 0 Å². The lowest BCUT2D eigenvalue weighted by atomic mass is 9.94. The first-order valence-corrected chi connectivity index (χ1v) is 22.1. The van der Waals surface area contributed by atoms with Crippen LogP contribution in [0.15, 0.2) is 0 Å². The van der Waals surface area contributed by atoms with E-state index >= 15 is 0 Å².